The first-order valence-corrected chi connectivity index (χ1v) is 11.1. The third-order valence-electron chi connectivity index (χ3n) is 4.22. The molecule has 1 amide bonds. The standard InChI is InChI=1S/C21H14F9N3O4S/c22-19(23,24)9-35-11-5-6-15(36-10-20(25,26)27)12(7-11)17-32-33-18(37-17)38-8-16(34)31-14-4-2-1-3-13(14)21(28,29)30/h1-7H,8-10H2,(H,31,34). The highest BCUT2D eigenvalue weighted by atomic mass is 32.2. The Morgan fingerprint density at radius 3 is 2.21 bits per heavy atom. The fourth-order valence-corrected chi connectivity index (χ4v) is 3.31. The SMILES string of the molecule is O=C(CSc1nnc(-c2cc(OCC(F)(F)F)ccc2OCC(F)(F)F)o1)Nc1ccccc1C(F)(F)F. The molecule has 0 radical (unpaired) electrons. The van der Waals surface area contributed by atoms with Crippen molar-refractivity contribution in [1.82, 2.24) is 10.2 Å². The van der Waals surface area contributed by atoms with E-state index in [1.807, 2.05) is 0 Å². The third-order valence-corrected chi connectivity index (χ3v) is 5.03. The van der Waals surface area contributed by atoms with E-state index in [9.17, 15) is 44.3 Å². The zero-order chi connectivity index (χ0) is 28.1. The lowest BCUT2D eigenvalue weighted by atomic mass is 10.1. The topological polar surface area (TPSA) is 86.5 Å². The van der Waals surface area contributed by atoms with Gasteiger partial charge in [-0.3, -0.25) is 4.79 Å². The third kappa shape index (κ3) is 8.74. The van der Waals surface area contributed by atoms with Crippen LogP contribution in [0.3, 0.4) is 0 Å². The number of halogens is 9. The van der Waals surface area contributed by atoms with Gasteiger partial charge in [0.1, 0.15) is 11.5 Å². The number of benzene rings is 2. The summed E-state index contributed by atoms with van der Waals surface area (Å²) in [5, 5.41) is 8.95. The van der Waals surface area contributed by atoms with Crippen molar-refractivity contribution in [2.45, 2.75) is 23.8 Å². The van der Waals surface area contributed by atoms with Crippen LogP contribution in [0.4, 0.5) is 45.2 Å². The van der Waals surface area contributed by atoms with E-state index in [2.05, 4.69) is 25.0 Å². The van der Waals surface area contributed by atoms with Gasteiger partial charge in [-0.2, -0.15) is 39.5 Å². The van der Waals surface area contributed by atoms with Crippen LogP contribution in [0.25, 0.3) is 11.5 Å². The summed E-state index contributed by atoms with van der Waals surface area (Å²) in [6, 6.07) is 6.99. The molecule has 206 valence electrons. The number of aromatic nitrogens is 2. The largest absolute Gasteiger partial charge is 0.484 e. The number of nitrogens with zero attached hydrogens (tertiary/aromatic N) is 2. The maximum absolute atomic E-state index is 13.1. The highest BCUT2D eigenvalue weighted by Crippen LogP contribution is 2.36. The van der Waals surface area contributed by atoms with Crippen LogP contribution in [0.2, 0.25) is 0 Å². The summed E-state index contributed by atoms with van der Waals surface area (Å²) >= 11 is 0.584. The molecule has 38 heavy (non-hydrogen) atoms. The van der Waals surface area contributed by atoms with E-state index in [0.717, 1.165) is 36.4 Å². The molecular formula is C21H14F9N3O4S. The van der Waals surface area contributed by atoms with Crippen molar-refractivity contribution >= 4 is 23.4 Å². The number of carbonyl (C=O) groups excluding carboxylic acids is 1. The van der Waals surface area contributed by atoms with Crippen molar-refractivity contribution in [1.29, 1.82) is 0 Å². The Morgan fingerprint density at radius 2 is 1.55 bits per heavy atom. The molecule has 1 N–H and O–H groups in total. The van der Waals surface area contributed by atoms with Gasteiger partial charge in [-0.15, -0.1) is 10.2 Å². The van der Waals surface area contributed by atoms with Crippen molar-refractivity contribution < 1.29 is 58.2 Å². The predicted molar refractivity (Wildman–Crippen MR) is 114 cm³/mol. The van der Waals surface area contributed by atoms with Gasteiger partial charge >= 0.3 is 18.5 Å². The van der Waals surface area contributed by atoms with Crippen molar-refractivity contribution in [2.24, 2.45) is 0 Å². The molecular weight excluding hydrogens is 561 g/mol. The molecule has 3 rings (SSSR count). The quantitative estimate of drug-likeness (QED) is 0.235. The van der Waals surface area contributed by atoms with E-state index in [1.165, 1.54) is 6.07 Å². The molecule has 0 aliphatic heterocycles. The summed E-state index contributed by atoms with van der Waals surface area (Å²) in [5.41, 5.74) is -1.90. The number of rotatable bonds is 9. The second kappa shape index (κ2) is 11.4. The fraction of sp³-hybridized carbons (Fsp3) is 0.286. The lowest BCUT2D eigenvalue weighted by molar-refractivity contribution is -0.154. The Kier molecular flexibility index (Phi) is 8.68. The van der Waals surface area contributed by atoms with Crippen LogP contribution in [-0.4, -0.2) is 47.4 Å². The lowest BCUT2D eigenvalue weighted by Gasteiger charge is -2.14. The van der Waals surface area contributed by atoms with Crippen LogP contribution in [0.5, 0.6) is 11.5 Å². The summed E-state index contributed by atoms with van der Waals surface area (Å²) in [7, 11) is 0. The average Bonchev–Trinajstić information content (AvgIpc) is 3.28. The summed E-state index contributed by atoms with van der Waals surface area (Å²) in [6.07, 6.45) is -14.2. The molecule has 0 aliphatic rings. The average molecular weight is 575 g/mol. The molecule has 0 fully saturated rings. The van der Waals surface area contributed by atoms with Gasteiger partial charge in [0.25, 0.3) is 11.1 Å². The number of nitrogens with one attached hydrogen (secondary N) is 1. The Labute approximate surface area is 211 Å². The second-order valence-electron chi connectivity index (χ2n) is 7.22. The van der Waals surface area contributed by atoms with Crippen LogP contribution >= 0.6 is 11.8 Å². The first-order valence-electron chi connectivity index (χ1n) is 10.1. The molecule has 0 aliphatic carbocycles. The minimum atomic E-state index is -4.74. The Bertz CT molecular complexity index is 1260. The maximum atomic E-state index is 13.1. The van der Waals surface area contributed by atoms with E-state index in [0.29, 0.717) is 11.8 Å². The number of alkyl halides is 9. The maximum Gasteiger partial charge on any atom is 0.422 e. The number of ether oxygens (including phenoxy) is 2. The summed E-state index contributed by atoms with van der Waals surface area (Å²) in [6.45, 7) is -3.43. The normalized spacial score (nSPS) is 12.3. The molecule has 0 spiro atoms. The first kappa shape index (κ1) is 28.9. The molecule has 17 heteroatoms. The van der Waals surface area contributed by atoms with Crippen LogP contribution in [0, 0.1) is 0 Å². The molecule has 2 aromatic carbocycles. The van der Waals surface area contributed by atoms with Gasteiger partial charge in [0.15, 0.2) is 13.2 Å². The summed E-state index contributed by atoms with van der Waals surface area (Å²) < 4.78 is 129. The molecule has 1 heterocycles. The highest BCUT2D eigenvalue weighted by molar-refractivity contribution is 7.99. The Morgan fingerprint density at radius 1 is 0.895 bits per heavy atom. The molecule has 0 unspecified atom stereocenters. The van der Waals surface area contributed by atoms with Gasteiger partial charge in [0.2, 0.25) is 5.91 Å². The van der Waals surface area contributed by atoms with Crippen molar-refractivity contribution in [3.63, 3.8) is 0 Å². The monoisotopic (exact) mass is 575 g/mol. The zero-order valence-corrected chi connectivity index (χ0v) is 19.3. The van der Waals surface area contributed by atoms with E-state index >= 15 is 0 Å². The molecule has 3 aromatic rings. The second-order valence-corrected chi connectivity index (χ2v) is 8.15. The van der Waals surface area contributed by atoms with E-state index in [1.54, 1.807) is 0 Å². The van der Waals surface area contributed by atoms with Crippen LogP contribution in [0.1, 0.15) is 5.56 Å². The summed E-state index contributed by atoms with van der Waals surface area (Å²) in [5.74, 6) is -2.72. The van der Waals surface area contributed by atoms with Gasteiger partial charge < -0.3 is 19.2 Å². The lowest BCUT2D eigenvalue weighted by Crippen LogP contribution is -2.20. The number of anilines is 1. The number of hydrogen-bond donors (Lipinski definition) is 1. The number of para-hydroxylation sites is 1. The minimum absolute atomic E-state index is 0.317. The van der Waals surface area contributed by atoms with Crippen LogP contribution in [-0.2, 0) is 11.0 Å². The molecule has 0 bridgehead atoms. The fourth-order valence-electron chi connectivity index (χ4n) is 2.75. The number of carbonyl (C=O) groups is 1. The highest BCUT2D eigenvalue weighted by Gasteiger charge is 2.34. The van der Waals surface area contributed by atoms with Crippen molar-refractivity contribution in [3.8, 4) is 23.0 Å². The molecule has 1 aromatic heterocycles. The van der Waals surface area contributed by atoms with Gasteiger partial charge in [0.05, 0.1) is 22.6 Å². The number of thioether (sulfide) groups is 1. The van der Waals surface area contributed by atoms with Gasteiger partial charge in [-0.25, -0.2) is 0 Å². The first-order chi connectivity index (χ1) is 17.6. The minimum Gasteiger partial charge on any atom is -0.484 e. The van der Waals surface area contributed by atoms with Gasteiger partial charge in [-0.05, 0) is 30.3 Å². The molecule has 0 saturated heterocycles. The van der Waals surface area contributed by atoms with Gasteiger partial charge in [-0.1, -0.05) is 23.9 Å². The van der Waals surface area contributed by atoms with Crippen LogP contribution in [0.15, 0.2) is 52.1 Å². The van der Waals surface area contributed by atoms with E-state index in [-0.39, 0.29) is 10.8 Å². The zero-order valence-electron chi connectivity index (χ0n) is 18.5. The Balaban J connectivity index is 1.74. The van der Waals surface area contributed by atoms with Crippen molar-refractivity contribution in [3.05, 3.63) is 48.0 Å². The number of hydrogen-bond acceptors (Lipinski definition) is 7. The van der Waals surface area contributed by atoms with Gasteiger partial charge in [0, 0.05) is 0 Å². The molecule has 0 saturated carbocycles. The smallest absolute Gasteiger partial charge is 0.422 e. The molecule has 0 atom stereocenters. The molecule has 7 nitrogen and oxygen atoms in total. The number of amides is 1. The van der Waals surface area contributed by atoms with E-state index in [4.69, 9.17) is 4.42 Å². The Hall–Kier alpha value is -3.63. The summed E-state index contributed by atoms with van der Waals surface area (Å²) in [4.78, 5) is 12.1. The van der Waals surface area contributed by atoms with E-state index < -0.39 is 72.0 Å². The predicted octanol–water partition coefficient (Wildman–Crippen LogP) is 6.37. The van der Waals surface area contributed by atoms with Crippen molar-refractivity contribution in [2.75, 3.05) is 24.3 Å². The van der Waals surface area contributed by atoms with Crippen LogP contribution < -0.4 is 14.8 Å².